The number of fused-ring (bicyclic) bond motifs is 1. The minimum Gasteiger partial charge on any atom is -0.379 e. The number of hydrogen-bond donors (Lipinski definition) is 2. The first-order valence-corrected chi connectivity index (χ1v) is 7.20. The monoisotopic (exact) mass is 256 g/mol. The van der Waals surface area contributed by atoms with Crippen molar-refractivity contribution in [2.24, 2.45) is 0 Å². The molecule has 0 aliphatic carbocycles. The molecule has 2 saturated heterocycles. The first-order chi connectivity index (χ1) is 9.31. The lowest BCUT2D eigenvalue weighted by Crippen LogP contribution is -2.58. The second-order valence-electron chi connectivity index (χ2n) is 5.97. The molecule has 0 amide bonds. The minimum atomic E-state index is 0.181. The Bertz CT molecular complexity index is 606. The summed E-state index contributed by atoms with van der Waals surface area (Å²) in [5.41, 5.74) is 4.21. The van der Waals surface area contributed by atoms with Crippen molar-refractivity contribution in [3.63, 3.8) is 0 Å². The van der Waals surface area contributed by atoms with E-state index in [0.717, 1.165) is 19.8 Å². The van der Waals surface area contributed by atoms with Crippen LogP contribution in [0.15, 0.2) is 24.3 Å². The lowest BCUT2D eigenvalue weighted by atomic mass is 9.70. The third-order valence-corrected chi connectivity index (χ3v) is 4.84. The van der Waals surface area contributed by atoms with Crippen molar-refractivity contribution in [2.45, 2.75) is 31.2 Å². The second kappa shape index (κ2) is 4.09. The maximum absolute atomic E-state index is 5.62. The molecule has 0 bridgehead atoms. The molecular formula is C16H20N2O. The van der Waals surface area contributed by atoms with Crippen LogP contribution in [0, 0.1) is 6.92 Å². The highest BCUT2D eigenvalue weighted by molar-refractivity contribution is 5.86. The number of aryl methyl sites for hydroxylation is 1. The van der Waals surface area contributed by atoms with E-state index in [9.17, 15) is 0 Å². The van der Waals surface area contributed by atoms with Crippen molar-refractivity contribution in [3.05, 3.63) is 35.5 Å². The molecule has 2 fully saturated rings. The van der Waals surface area contributed by atoms with Gasteiger partial charge < -0.3 is 15.0 Å². The summed E-state index contributed by atoms with van der Waals surface area (Å²) in [5, 5.41) is 5.06. The van der Waals surface area contributed by atoms with Crippen molar-refractivity contribution in [2.75, 3.05) is 19.8 Å². The van der Waals surface area contributed by atoms with Crippen LogP contribution in [0.3, 0.4) is 0 Å². The number of aromatic amines is 1. The van der Waals surface area contributed by atoms with Gasteiger partial charge >= 0.3 is 0 Å². The standard InChI is InChI=1S/C16H20N2O/c1-11-15(12-5-2-3-6-13(12)18-11)16(9-19-10-16)14-7-4-8-17-14/h2-3,5-6,14,17-18H,4,7-10H2,1H3. The van der Waals surface area contributed by atoms with E-state index in [1.807, 2.05) is 0 Å². The number of ether oxygens (including phenoxy) is 1. The Labute approximate surface area is 113 Å². The SMILES string of the molecule is Cc1[nH]c2ccccc2c1C1(C2CCCN2)COC1. The van der Waals surface area contributed by atoms with E-state index >= 15 is 0 Å². The van der Waals surface area contributed by atoms with Crippen LogP contribution >= 0.6 is 0 Å². The van der Waals surface area contributed by atoms with Gasteiger partial charge in [0.2, 0.25) is 0 Å². The van der Waals surface area contributed by atoms with Gasteiger partial charge in [-0.15, -0.1) is 0 Å². The van der Waals surface area contributed by atoms with Crippen LogP contribution in [0.1, 0.15) is 24.1 Å². The molecule has 3 heterocycles. The van der Waals surface area contributed by atoms with Crippen LogP contribution in [0.4, 0.5) is 0 Å². The average Bonchev–Trinajstić information content (AvgIpc) is 2.97. The van der Waals surface area contributed by atoms with E-state index in [-0.39, 0.29) is 5.41 Å². The van der Waals surface area contributed by atoms with E-state index in [1.165, 1.54) is 35.0 Å². The number of rotatable bonds is 2. The van der Waals surface area contributed by atoms with Crippen LogP contribution in [-0.2, 0) is 10.2 Å². The highest BCUT2D eigenvalue weighted by Gasteiger charge is 2.49. The zero-order valence-corrected chi connectivity index (χ0v) is 11.3. The van der Waals surface area contributed by atoms with Gasteiger partial charge in [-0.05, 0) is 37.9 Å². The molecule has 19 heavy (non-hydrogen) atoms. The number of nitrogens with one attached hydrogen (secondary N) is 2. The third kappa shape index (κ3) is 1.52. The first kappa shape index (κ1) is 11.5. The quantitative estimate of drug-likeness (QED) is 0.866. The minimum absolute atomic E-state index is 0.181. The number of H-pyrrole nitrogens is 1. The highest BCUT2D eigenvalue weighted by atomic mass is 16.5. The topological polar surface area (TPSA) is 37.0 Å². The summed E-state index contributed by atoms with van der Waals surface area (Å²) in [7, 11) is 0. The predicted molar refractivity (Wildman–Crippen MR) is 76.6 cm³/mol. The van der Waals surface area contributed by atoms with E-state index < -0.39 is 0 Å². The van der Waals surface area contributed by atoms with Crippen molar-refractivity contribution >= 4 is 10.9 Å². The molecule has 1 unspecified atom stereocenters. The van der Waals surface area contributed by atoms with Crippen LogP contribution in [0.2, 0.25) is 0 Å². The fourth-order valence-electron chi connectivity index (χ4n) is 3.92. The van der Waals surface area contributed by atoms with Gasteiger partial charge in [-0.1, -0.05) is 18.2 Å². The summed E-state index contributed by atoms with van der Waals surface area (Å²) in [6.45, 7) is 5.05. The Balaban J connectivity index is 1.90. The van der Waals surface area contributed by atoms with Crippen molar-refractivity contribution < 1.29 is 4.74 Å². The van der Waals surface area contributed by atoms with Gasteiger partial charge in [0, 0.05) is 22.6 Å². The van der Waals surface area contributed by atoms with Gasteiger partial charge in [-0.2, -0.15) is 0 Å². The molecule has 1 aromatic heterocycles. The van der Waals surface area contributed by atoms with Crippen LogP contribution in [0.5, 0.6) is 0 Å². The maximum atomic E-state index is 5.62. The molecule has 100 valence electrons. The second-order valence-corrected chi connectivity index (χ2v) is 5.97. The third-order valence-electron chi connectivity index (χ3n) is 4.84. The van der Waals surface area contributed by atoms with E-state index in [0.29, 0.717) is 6.04 Å². The van der Waals surface area contributed by atoms with Crippen molar-refractivity contribution in [1.29, 1.82) is 0 Å². The molecule has 0 spiro atoms. The zero-order valence-electron chi connectivity index (χ0n) is 11.3. The van der Waals surface area contributed by atoms with Gasteiger partial charge in [0.15, 0.2) is 0 Å². The van der Waals surface area contributed by atoms with Gasteiger partial charge in [0.25, 0.3) is 0 Å². The summed E-state index contributed by atoms with van der Waals surface area (Å²) < 4.78 is 5.62. The lowest BCUT2D eigenvalue weighted by Gasteiger charge is -2.46. The Morgan fingerprint density at radius 2 is 2.11 bits per heavy atom. The number of aromatic nitrogens is 1. The Morgan fingerprint density at radius 1 is 1.26 bits per heavy atom. The summed E-state index contributed by atoms with van der Waals surface area (Å²) >= 11 is 0. The molecule has 2 aromatic rings. The Hall–Kier alpha value is -1.32. The molecule has 0 radical (unpaired) electrons. The van der Waals surface area contributed by atoms with E-state index in [4.69, 9.17) is 4.74 Å². The van der Waals surface area contributed by atoms with Gasteiger partial charge in [-0.3, -0.25) is 0 Å². The molecule has 1 atom stereocenters. The predicted octanol–water partition coefficient (Wildman–Crippen LogP) is 2.50. The van der Waals surface area contributed by atoms with Crippen LogP contribution < -0.4 is 5.32 Å². The molecule has 3 heteroatoms. The fraction of sp³-hybridized carbons (Fsp3) is 0.500. The molecule has 1 aromatic carbocycles. The Kier molecular flexibility index (Phi) is 2.47. The van der Waals surface area contributed by atoms with Gasteiger partial charge in [0.05, 0.1) is 18.6 Å². The van der Waals surface area contributed by atoms with E-state index in [2.05, 4.69) is 41.5 Å². The first-order valence-electron chi connectivity index (χ1n) is 7.20. The molecule has 2 N–H and O–H groups in total. The summed E-state index contributed by atoms with van der Waals surface area (Å²) in [4.78, 5) is 3.54. The van der Waals surface area contributed by atoms with Crippen molar-refractivity contribution in [3.8, 4) is 0 Å². The molecule has 0 saturated carbocycles. The smallest absolute Gasteiger partial charge is 0.0601 e. The Morgan fingerprint density at radius 3 is 2.79 bits per heavy atom. The van der Waals surface area contributed by atoms with Crippen LogP contribution in [0.25, 0.3) is 10.9 Å². The summed E-state index contributed by atoms with van der Waals surface area (Å²) in [6.07, 6.45) is 2.55. The number of hydrogen-bond acceptors (Lipinski definition) is 2. The largest absolute Gasteiger partial charge is 0.379 e. The fourth-order valence-corrected chi connectivity index (χ4v) is 3.92. The lowest BCUT2D eigenvalue weighted by molar-refractivity contribution is -0.0756. The molecule has 3 nitrogen and oxygen atoms in total. The van der Waals surface area contributed by atoms with Gasteiger partial charge in [0.1, 0.15) is 0 Å². The maximum Gasteiger partial charge on any atom is 0.0601 e. The summed E-state index contributed by atoms with van der Waals surface area (Å²) in [6, 6.07) is 9.21. The van der Waals surface area contributed by atoms with E-state index in [1.54, 1.807) is 0 Å². The number of para-hydroxylation sites is 1. The van der Waals surface area contributed by atoms with Crippen LogP contribution in [-0.4, -0.2) is 30.8 Å². The molecule has 4 rings (SSSR count). The molecule has 2 aliphatic heterocycles. The van der Waals surface area contributed by atoms with Crippen molar-refractivity contribution in [1.82, 2.24) is 10.3 Å². The summed E-state index contributed by atoms with van der Waals surface area (Å²) in [5.74, 6) is 0. The zero-order chi connectivity index (χ0) is 12.9. The average molecular weight is 256 g/mol. The highest BCUT2D eigenvalue weighted by Crippen LogP contribution is 2.43. The molecular weight excluding hydrogens is 236 g/mol. The number of benzene rings is 1. The molecule has 2 aliphatic rings. The normalized spacial score (nSPS) is 25.6. The van der Waals surface area contributed by atoms with Gasteiger partial charge in [-0.25, -0.2) is 0 Å².